The van der Waals surface area contributed by atoms with E-state index in [4.69, 9.17) is 11.6 Å². The Morgan fingerprint density at radius 3 is 2.50 bits per heavy atom. The fourth-order valence-electron chi connectivity index (χ4n) is 2.46. The molecule has 0 radical (unpaired) electrons. The number of hydrogen-bond donors (Lipinski definition) is 1. The fraction of sp³-hybridized carbons (Fsp3) is 0.286. The largest absolute Gasteiger partial charge is 0.353 e. The summed E-state index contributed by atoms with van der Waals surface area (Å²) in [5.74, 6) is 0.554. The van der Waals surface area contributed by atoms with Crippen molar-refractivity contribution in [1.29, 1.82) is 0 Å². The Labute approximate surface area is 132 Å². The molecule has 7 nitrogen and oxygen atoms in total. The average molecular weight is 320 g/mol. The molecule has 22 heavy (non-hydrogen) atoms. The summed E-state index contributed by atoms with van der Waals surface area (Å²) in [6, 6.07) is 6.89. The molecule has 1 saturated heterocycles. The van der Waals surface area contributed by atoms with Crippen LogP contribution in [0.5, 0.6) is 0 Å². The number of rotatable bonds is 4. The first-order chi connectivity index (χ1) is 10.6. The SMILES string of the molecule is O=[N+]([O-])c1c(Nc2ccc(Cl)cc2)ncnc1N1CCCC1. The van der Waals surface area contributed by atoms with Crippen molar-refractivity contribution in [3.8, 4) is 0 Å². The minimum absolute atomic E-state index is 0.0978. The van der Waals surface area contributed by atoms with Crippen molar-refractivity contribution in [3.63, 3.8) is 0 Å². The summed E-state index contributed by atoms with van der Waals surface area (Å²) >= 11 is 5.84. The van der Waals surface area contributed by atoms with Crippen LogP contribution in [-0.2, 0) is 0 Å². The summed E-state index contributed by atoms with van der Waals surface area (Å²) in [7, 11) is 0. The molecule has 8 heteroatoms. The van der Waals surface area contributed by atoms with Gasteiger partial charge >= 0.3 is 5.69 Å². The first kappa shape index (κ1) is 14.5. The lowest BCUT2D eigenvalue weighted by molar-refractivity contribution is -0.383. The van der Waals surface area contributed by atoms with Crippen LogP contribution in [0.1, 0.15) is 12.8 Å². The zero-order valence-corrected chi connectivity index (χ0v) is 12.5. The van der Waals surface area contributed by atoms with Gasteiger partial charge in [0.1, 0.15) is 6.33 Å². The number of anilines is 3. The summed E-state index contributed by atoms with van der Waals surface area (Å²) in [6.07, 6.45) is 3.38. The predicted molar refractivity (Wildman–Crippen MR) is 84.9 cm³/mol. The van der Waals surface area contributed by atoms with Gasteiger partial charge in [-0.05, 0) is 37.1 Å². The van der Waals surface area contributed by atoms with E-state index in [1.165, 1.54) is 6.33 Å². The Hall–Kier alpha value is -2.41. The molecule has 1 aromatic carbocycles. The smallest absolute Gasteiger partial charge is 0.351 e. The Morgan fingerprint density at radius 2 is 1.86 bits per heavy atom. The van der Waals surface area contributed by atoms with E-state index in [-0.39, 0.29) is 11.5 Å². The van der Waals surface area contributed by atoms with Crippen LogP contribution in [0.25, 0.3) is 0 Å². The van der Waals surface area contributed by atoms with Crippen molar-refractivity contribution in [1.82, 2.24) is 9.97 Å². The van der Waals surface area contributed by atoms with Crippen molar-refractivity contribution >= 4 is 34.6 Å². The maximum atomic E-state index is 11.5. The zero-order chi connectivity index (χ0) is 15.5. The summed E-state index contributed by atoms with van der Waals surface area (Å²) in [5, 5.41) is 15.0. The predicted octanol–water partition coefficient (Wildman–Crippen LogP) is 3.38. The van der Waals surface area contributed by atoms with Gasteiger partial charge in [0.05, 0.1) is 4.92 Å². The second-order valence-electron chi connectivity index (χ2n) is 4.98. The van der Waals surface area contributed by atoms with E-state index in [0.29, 0.717) is 16.5 Å². The standard InChI is InChI=1S/C14H14ClN5O2/c15-10-3-5-11(6-4-10)18-13-12(20(21)22)14(17-9-16-13)19-7-1-2-8-19/h3-6,9H,1-2,7-8H2,(H,16,17,18). The van der Waals surface area contributed by atoms with Gasteiger partial charge in [-0.15, -0.1) is 0 Å². The van der Waals surface area contributed by atoms with Gasteiger partial charge in [0.15, 0.2) is 0 Å². The minimum atomic E-state index is -0.439. The van der Waals surface area contributed by atoms with Crippen LogP contribution in [0.4, 0.5) is 23.0 Å². The zero-order valence-electron chi connectivity index (χ0n) is 11.7. The molecule has 1 aliphatic rings. The van der Waals surface area contributed by atoms with Gasteiger partial charge in [0.25, 0.3) is 0 Å². The molecule has 1 aliphatic heterocycles. The molecule has 1 aromatic heterocycles. The lowest BCUT2D eigenvalue weighted by atomic mass is 10.3. The molecule has 0 amide bonds. The molecule has 0 atom stereocenters. The number of benzene rings is 1. The van der Waals surface area contributed by atoms with E-state index in [2.05, 4.69) is 15.3 Å². The second-order valence-corrected chi connectivity index (χ2v) is 5.41. The number of halogens is 1. The van der Waals surface area contributed by atoms with Crippen LogP contribution in [0.2, 0.25) is 5.02 Å². The maximum absolute atomic E-state index is 11.5. The lowest BCUT2D eigenvalue weighted by Crippen LogP contribution is -2.21. The average Bonchev–Trinajstić information content (AvgIpc) is 3.03. The molecule has 0 unspecified atom stereocenters. The topological polar surface area (TPSA) is 84.2 Å². The molecule has 0 bridgehead atoms. The fourth-order valence-corrected chi connectivity index (χ4v) is 2.59. The van der Waals surface area contributed by atoms with E-state index in [9.17, 15) is 10.1 Å². The van der Waals surface area contributed by atoms with Crippen LogP contribution in [0, 0.1) is 10.1 Å². The van der Waals surface area contributed by atoms with Gasteiger partial charge < -0.3 is 10.2 Å². The van der Waals surface area contributed by atoms with Crippen LogP contribution in [-0.4, -0.2) is 28.0 Å². The van der Waals surface area contributed by atoms with Crippen molar-refractivity contribution in [2.24, 2.45) is 0 Å². The minimum Gasteiger partial charge on any atom is -0.351 e. The number of nitro groups is 1. The second kappa shape index (κ2) is 6.15. The number of nitrogens with zero attached hydrogens (tertiary/aromatic N) is 4. The van der Waals surface area contributed by atoms with Gasteiger partial charge in [-0.25, -0.2) is 9.97 Å². The molecule has 0 saturated carbocycles. The van der Waals surface area contributed by atoms with Crippen molar-refractivity contribution < 1.29 is 4.92 Å². The van der Waals surface area contributed by atoms with E-state index >= 15 is 0 Å². The van der Waals surface area contributed by atoms with E-state index in [1.807, 2.05) is 4.90 Å². The van der Waals surface area contributed by atoms with E-state index < -0.39 is 4.92 Å². The lowest BCUT2D eigenvalue weighted by Gasteiger charge is -2.17. The van der Waals surface area contributed by atoms with Gasteiger partial charge in [-0.1, -0.05) is 11.6 Å². The third kappa shape index (κ3) is 2.94. The highest BCUT2D eigenvalue weighted by molar-refractivity contribution is 6.30. The van der Waals surface area contributed by atoms with Crippen LogP contribution < -0.4 is 10.2 Å². The highest BCUT2D eigenvalue weighted by Crippen LogP contribution is 2.35. The monoisotopic (exact) mass is 319 g/mol. The Balaban J connectivity index is 1.97. The van der Waals surface area contributed by atoms with Crippen LogP contribution in [0.15, 0.2) is 30.6 Å². The third-order valence-electron chi connectivity index (χ3n) is 3.50. The molecule has 2 heterocycles. The summed E-state index contributed by atoms with van der Waals surface area (Å²) in [5.41, 5.74) is 0.581. The van der Waals surface area contributed by atoms with E-state index in [1.54, 1.807) is 24.3 Å². The van der Waals surface area contributed by atoms with Crippen molar-refractivity contribution in [2.75, 3.05) is 23.3 Å². The van der Waals surface area contributed by atoms with Crippen LogP contribution >= 0.6 is 11.6 Å². The molecule has 2 aromatic rings. The maximum Gasteiger partial charge on any atom is 0.353 e. The first-order valence-electron chi connectivity index (χ1n) is 6.92. The first-order valence-corrected chi connectivity index (χ1v) is 7.30. The van der Waals surface area contributed by atoms with Crippen LogP contribution in [0.3, 0.4) is 0 Å². The van der Waals surface area contributed by atoms with E-state index in [0.717, 1.165) is 25.9 Å². The highest BCUT2D eigenvalue weighted by atomic mass is 35.5. The van der Waals surface area contributed by atoms with Gasteiger partial charge in [-0.3, -0.25) is 10.1 Å². The number of hydrogen-bond acceptors (Lipinski definition) is 6. The molecule has 1 N–H and O–H groups in total. The Bertz CT molecular complexity index is 686. The Morgan fingerprint density at radius 1 is 1.18 bits per heavy atom. The summed E-state index contributed by atoms with van der Waals surface area (Å²) in [6.45, 7) is 1.55. The molecule has 1 fully saturated rings. The highest BCUT2D eigenvalue weighted by Gasteiger charge is 2.28. The Kier molecular flexibility index (Phi) is 4.06. The third-order valence-corrected chi connectivity index (χ3v) is 3.75. The van der Waals surface area contributed by atoms with Gasteiger partial charge in [0, 0.05) is 23.8 Å². The quantitative estimate of drug-likeness (QED) is 0.687. The summed E-state index contributed by atoms with van der Waals surface area (Å²) < 4.78 is 0. The van der Waals surface area contributed by atoms with Crippen molar-refractivity contribution in [3.05, 3.63) is 45.7 Å². The molecular formula is C14H14ClN5O2. The molecule has 0 spiro atoms. The van der Waals surface area contributed by atoms with Gasteiger partial charge in [0.2, 0.25) is 11.6 Å². The van der Waals surface area contributed by atoms with Crippen molar-refractivity contribution in [2.45, 2.75) is 12.8 Å². The number of aromatic nitrogens is 2. The number of nitrogens with one attached hydrogen (secondary N) is 1. The normalized spacial score (nSPS) is 14.1. The summed E-state index contributed by atoms with van der Waals surface area (Å²) in [4.78, 5) is 21.1. The molecule has 3 rings (SSSR count). The molecule has 0 aliphatic carbocycles. The molecular weight excluding hydrogens is 306 g/mol. The van der Waals surface area contributed by atoms with Gasteiger partial charge in [-0.2, -0.15) is 0 Å². The molecule has 114 valence electrons.